The summed E-state index contributed by atoms with van der Waals surface area (Å²) >= 11 is 9.95. The number of ether oxygens (including phenoxy) is 2. The molecule has 0 saturated heterocycles. The zero-order valence-corrected chi connectivity index (χ0v) is 12.6. The van der Waals surface area contributed by atoms with E-state index in [-0.39, 0.29) is 4.83 Å². The second-order valence-corrected chi connectivity index (χ2v) is 5.67. The van der Waals surface area contributed by atoms with Gasteiger partial charge in [-0.05, 0) is 30.2 Å². The molecule has 3 rings (SSSR count). The van der Waals surface area contributed by atoms with Crippen LogP contribution in [0.15, 0.2) is 28.9 Å². The second kappa shape index (κ2) is 5.10. The molecule has 1 atom stereocenters. The van der Waals surface area contributed by atoms with Crippen molar-refractivity contribution in [3.63, 3.8) is 0 Å². The Morgan fingerprint density at radius 1 is 1.21 bits per heavy atom. The molecule has 0 aliphatic carbocycles. The molecule has 1 aromatic heterocycles. The number of alkyl halides is 1. The summed E-state index contributed by atoms with van der Waals surface area (Å²) in [6.07, 6.45) is 1.67. The molecule has 100 valence electrons. The Kier molecular flexibility index (Phi) is 3.46. The Hall–Kier alpha value is -1.13. The van der Waals surface area contributed by atoms with Crippen LogP contribution >= 0.6 is 27.5 Å². The molecule has 0 amide bonds. The molecule has 0 saturated carbocycles. The lowest BCUT2D eigenvalue weighted by Crippen LogP contribution is -2.15. The minimum Gasteiger partial charge on any atom is -0.486 e. The van der Waals surface area contributed by atoms with Gasteiger partial charge in [0.15, 0.2) is 11.5 Å². The summed E-state index contributed by atoms with van der Waals surface area (Å²) in [5, 5.41) is 0.627. The molecule has 19 heavy (non-hydrogen) atoms. The second-order valence-electron chi connectivity index (χ2n) is 4.35. The minimum atomic E-state index is -0.106. The molecule has 0 fully saturated rings. The van der Waals surface area contributed by atoms with Crippen LogP contribution in [0, 0.1) is 6.92 Å². The molecule has 3 nitrogen and oxygen atoms in total. The normalized spacial score (nSPS) is 15.3. The zero-order chi connectivity index (χ0) is 13.4. The molecule has 0 spiro atoms. The molecule has 1 aliphatic heterocycles. The number of halogens is 2. The van der Waals surface area contributed by atoms with E-state index in [9.17, 15) is 0 Å². The van der Waals surface area contributed by atoms with Crippen molar-refractivity contribution in [2.75, 3.05) is 13.2 Å². The van der Waals surface area contributed by atoms with Crippen LogP contribution in [0.5, 0.6) is 11.5 Å². The monoisotopic (exact) mass is 342 g/mol. The number of hydrogen-bond acceptors (Lipinski definition) is 3. The Morgan fingerprint density at radius 2 is 1.89 bits per heavy atom. The van der Waals surface area contributed by atoms with Crippen molar-refractivity contribution in [1.82, 2.24) is 0 Å². The summed E-state index contributed by atoms with van der Waals surface area (Å²) in [7, 11) is 0. The maximum atomic E-state index is 6.32. The van der Waals surface area contributed by atoms with Crippen LogP contribution in [0.1, 0.15) is 21.7 Å². The zero-order valence-electron chi connectivity index (χ0n) is 10.3. The van der Waals surface area contributed by atoms with Gasteiger partial charge in [-0.3, -0.25) is 0 Å². The van der Waals surface area contributed by atoms with Gasteiger partial charge in [-0.25, -0.2) is 0 Å². The van der Waals surface area contributed by atoms with Gasteiger partial charge in [-0.2, -0.15) is 0 Å². The molecule has 1 aromatic carbocycles. The maximum Gasteiger partial charge on any atom is 0.162 e. The quantitative estimate of drug-likeness (QED) is 0.753. The van der Waals surface area contributed by atoms with Gasteiger partial charge in [-0.1, -0.05) is 27.5 Å². The average Bonchev–Trinajstić information content (AvgIpc) is 2.83. The van der Waals surface area contributed by atoms with Crippen LogP contribution in [0.3, 0.4) is 0 Å². The Labute approximate surface area is 124 Å². The molecule has 0 N–H and O–H groups in total. The fraction of sp³-hybridized carbons (Fsp3) is 0.286. The summed E-state index contributed by atoms with van der Waals surface area (Å²) in [6, 6.07) is 5.62. The van der Waals surface area contributed by atoms with E-state index in [1.54, 1.807) is 12.3 Å². The lowest BCUT2D eigenvalue weighted by Gasteiger charge is -2.21. The third kappa shape index (κ3) is 2.35. The summed E-state index contributed by atoms with van der Waals surface area (Å²) in [5.41, 5.74) is 1.98. The van der Waals surface area contributed by atoms with Gasteiger partial charge < -0.3 is 13.9 Å². The first-order valence-electron chi connectivity index (χ1n) is 5.94. The smallest absolute Gasteiger partial charge is 0.162 e. The van der Waals surface area contributed by atoms with Gasteiger partial charge in [0.1, 0.15) is 19.0 Å². The highest BCUT2D eigenvalue weighted by Crippen LogP contribution is 2.43. The number of aryl methyl sites for hydroxylation is 1. The van der Waals surface area contributed by atoms with E-state index in [2.05, 4.69) is 15.9 Å². The summed E-state index contributed by atoms with van der Waals surface area (Å²) in [5.74, 6) is 2.26. The number of hydrogen-bond donors (Lipinski definition) is 0. The van der Waals surface area contributed by atoms with Crippen molar-refractivity contribution in [3.05, 3.63) is 46.4 Å². The van der Waals surface area contributed by atoms with Crippen molar-refractivity contribution in [2.45, 2.75) is 11.8 Å². The van der Waals surface area contributed by atoms with Crippen LogP contribution in [0.4, 0.5) is 0 Å². The van der Waals surface area contributed by atoms with Crippen LogP contribution in [-0.4, -0.2) is 13.2 Å². The molecule has 0 radical (unpaired) electrons. The molecule has 2 heterocycles. The van der Waals surface area contributed by atoms with Crippen LogP contribution in [-0.2, 0) is 0 Å². The first-order valence-corrected chi connectivity index (χ1v) is 7.23. The van der Waals surface area contributed by atoms with Crippen molar-refractivity contribution in [2.24, 2.45) is 0 Å². The predicted octanol–water partition coefficient (Wildman–Crippen LogP) is 4.50. The average molecular weight is 344 g/mol. The van der Waals surface area contributed by atoms with Gasteiger partial charge in [0.2, 0.25) is 0 Å². The third-order valence-corrected chi connectivity index (χ3v) is 4.30. The molecule has 1 aliphatic rings. The Balaban J connectivity index is 2.03. The highest BCUT2D eigenvalue weighted by atomic mass is 79.9. The first kappa shape index (κ1) is 12.9. The van der Waals surface area contributed by atoms with Crippen LogP contribution in [0.2, 0.25) is 5.02 Å². The highest BCUT2D eigenvalue weighted by molar-refractivity contribution is 9.09. The lowest BCUT2D eigenvalue weighted by molar-refractivity contribution is 0.171. The Bertz CT molecular complexity index is 609. The van der Waals surface area contributed by atoms with Crippen molar-refractivity contribution >= 4 is 27.5 Å². The predicted molar refractivity (Wildman–Crippen MR) is 76.7 cm³/mol. The summed E-state index contributed by atoms with van der Waals surface area (Å²) in [4.78, 5) is -0.106. The van der Waals surface area contributed by atoms with Crippen molar-refractivity contribution in [3.8, 4) is 11.5 Å². The number of fused-ring (bicyclic) bond motifs is 1. The topological polar surface area (TPSA) is 31.6 Å². The molecule has 2 aromatic rings. The van der Waals surface area contributed by atoms with Crippen LogP contribution < -0.4 is 9.47 Å². The first-order chi connectivity index (χ1) is 9.16. The van der Waals surface area contributed by atoms with E-state index in [4.69, 9.17) is 25.5 Å². The van der Waals surface area contributed by atoms with Crippen molar-refractivity contribution < 1.29 is 13.9 Å². The third-order valence-electron chi connectivity index (χ3n) is 3.07. The standard InChI is InChI=1S/C14H12BrClO3/c1-8-2-3-19-14(8)13(15)9-6-11-12(7-10(9)16)18-5-4-17-11/h2-3,6-7,13H,4-5H2,1H3. The summed E-state index contributed by atoms with van der Waals surface area (Å²) in [6.45, 7) is 3.11. The van der Waals surface area contributed by atoms with Gasteiger partial charge in [0.05, 0.1) is 11.1 Å². The van der Waals surface area contributed by atoms with E-state index < -0.39 is 0 Å². The largest absolute Gasteiger partial charge is 0.486 e. The SMILES string of the molecule is Cc1ccoc1C(Br)c1cc2c(cc1Cl)OCCO2. The number of furan rings is 1. The number of rotatable bonds is 2. The molecule has 1 unspecified atom stereocenters. The molecule has 0 bridgehead atoms. The minimum absolute atomic E-state index is 0.106. The van der Waals surface area contributed by atoms with E-state index >= 15 is 0 Å². The fourth-order valence-electron chi connectivity index (χ4n) is 2.06. The van der Waals surface area contributed by atoms with Gasteiger partial charge in [0.25, 0.3) is 0 Å². The van der Waals surface area contributed by atoms with Gasteiger partial charge in [-0.15, -0.1) is 0 Å². The van der Waals surface area contributed by atoms with E-state index in [0.29, 0.717) is 24.0 Å². The molecular formula is C14H12BrClO3. The van der Waals surface area contributed by atoms with Crippen LogP contribution in [0.25, 0.3) is 0 Å². The van der Waals surface area contributed by atoms with E-state index in [0.717, 1.165) is 22.6 Å². The number of benzene rings is 1. The Morgan fingerprint density at radius 3 is 2.53 bits per heavy atom. The highest BCUT2D eigenvalue weighted by Gasteiger charge is 2.23. The van der Waals surface area contributed by atoms with E-state index in [1.165, 1.54) is 0 Å². The maximum absolute atomic E-state index is 6.32. The fourth-order valence-corrected chi connectivity index (χ4v) is 3.30. The summed E-state index contributed by atoms with van der Waals surface area (Å²) < 4.78 is 16.6. The van der Waals surface area contributed by atoms with Crippen molar-refractivity contribution in [1.29, 1.82) is 0 Å². The molecule has 5 heteroatoms. The van der Waals surface area contributed by atoms with E-state index in [1.807, 2.05) is 19.1 Å². The van der Waals surface area contributed by atoms with Gasteiger partial charge >= 0.3 is 0 Å². The lowest BCUT2D eigenvalue weighted by atomic mass is 10.1. The van der Waals surface area contributed by atoms with Gasteiger partial charge in [0, 0.05) is 11.1 Å². The molecular weight excluding hydrogens is 332 g/mol.